The number of piperazine rings is 1. The lowest BCUT2D eigenvalue weighted by atomic mass is 9.70. The molecule has 4 aromatic rings. The van der Waals surface area contributed by atoms with E-state index >= 15 is 0 Å². The highest BCUT2D eigenvalue weighted by Gasteiger charge is 2.47. The number of imide groups is 2. The van der Waals surface area contributed by atoms with Crippen LogP contribution in [0.5, 0.6) is 0 Å². The van der Waals surface area contributed by atoms with E-state index in [4.69, 9.17) is 0 Å². The molecule has 2 N–H and O–H groups in total. The Bertz CT molecular complexity index is 2500. The Morgan fingerprint density at radius 3 is 2.39 bits per heavy atom. The summed E-state index contributed by atoms with van der Waals surface area (Å²) < 4.78 is 0. The lowest BCUT2D eigenvalue weighted by molar-refractivity contribution is -0.136. The van der Waals surface area contributed by atoms with Crippen LogP contribution in [0.1, 0.15) is 112 Å². The minimum absolute atomic E-state index is 0.0462. The summed E-state index contributed by atoms with van der Waals surface area (Å²) in [5.41, 5.74) is 8.41. The second-order valence-corrected chi connectivity index (χ2v) is 17.3. The fourth-order valence-corrected chi connectivity index (χ4v) is 10.8. The van der Waals surface area contributed by atoms with E-state index in [0.29, 0.717) is 34.7 Å². The van der Waals surface area contributed by atoms with Gasteiger partial charge in [0, 0.05) is 90.2 Å². The van der Waals surface area contributed by atoms with Crippen LogP contribution in [0.15, 0.2) is 48.5 Å². The molecule has 57 heavy (non-hydrogen) atoms. The first-order chi connectivity index (χ1) is 27.4. The number of carbonyl (C=O) groups is 5. The number of nitriles is 1. The zero-order valence-corrected chi connectivity index (χ0v) is 32.5. The normalized spacial score (nSPS) is 24.3. The number of piperidine rings is 2. The molecule has 4 amide bonds. The van der Waals surface area contributed by atoms with Gasteiger partial charge in [0.05, 0.1) is 28.3 Å². The molecule has 2 bridgehead atoms. The molecule has 0 radical (unpaired) electrons. The number of likely N-dealkylation sites (tertiary alicyclic amines) is 1. The van der Waals surface area contributed by atoms with Gasteiger partial charge in [-0.1, -0.05) is 26.8 Å². The summed E-state index contributed by atoms with van der Waals surface area (Å²) in [4.78, 5) is 77.1. The molecule has 12 nitrogen and oxygen atoms in total. The third kappa shape index (κ3) is 5.38. The van der Waals surface area contributed by atoms with Gasteiger partial charge in [-0.05, 0) is 91.6 Å². The summed E-state index contributed by atoms with van der Waals surface area (Å²) in [6.45, 7) is 11.3. The molecule has 4 saturated heterocycles. The quantitative estimate of drug-likeness (QED) is 0.257. The van der Waals surface area contributed by atoms with E-state index in [2.05, 4.69) is 64.0 Å². The second kappa shape index (κ2) is 12.9. The lowest BCUT2D eigenvalue weighted by Crippen LogP contribution is -2.54. The molecular weight excluding hydrogens is 719 g/mol. The number of hydrogen-bond acceptors (Lipinski definition) is 9. The average Bonchev–Trinajstić information content (AvgIpc) is 3.98. The summed E-state index contributed by atoms with van der Waals surface area (Å²) in [6, 6.07) is 17.4. The largest absolute Gasteiger partial charge is 0.371 e. The molecular formula is C45H45N7O5. The van der Waals surface area contributed by atoms with Gasteiger partial charge in [0.15, 0.2) is 5.78 Å². The molecule has 5 aliphatic heterocycles. The first kappa shape index (κ1) is 35.6. The van der Waals surface area contributed by atoms with Gasteiger partial charge >= 0.3 is 0 Å². The standard InChI is InChI=1S/C45H45N7O5/c1-4-26-16-33-34(45(2,3)41-39(40(33)54)31-7-5-25(20-46)15-35(31)47-41)19-37(26)49-13-11-24(12-14-49)21-50-22-29-17-28(50)23-51(29)27-6-8-30-32(18-27)44(57)52(43(30)56)36-9-10-38(53)48-42(36)55/h5-8,15-16,18-19,24,28-29,36,47H,4,9-14,17,21-23H2,1-3H3,(H,48,53,55). The van der Waals surface area contributed by atoms with Gasteiger partial charge in [-0.25, -0.2) is 0 Å². The van der Waals surface area contributed by atoms with Gasteiger partial charge in [-0.3, -0.25) is 39.1 Å². The number of amides is 4. The maximum atomic E-state index is 14.1. The summed E-state index contributed by atoms with van der Waals surface area (Å²) >= 11 is 0. The molecule has 4 fully saturated rings. The molecule has 0 spiro atoms. The van der Waals surface area contributed by atoms with Gasteiger partial charge in [-0.2, -0.15) is 5.26 Å². The van der Waals surface area contributed by atoms with Crippen LogP contribution in [-0.2, 0) is 21.4 Å². The zero-order valence-electron chi connectivity index (χ0n) is 32.5. The number of fused-ring (bicyclic) bond motifs is 7. The second-order valence-electron chi connectivity index (χ2n) is 17.3. The number of rotatable bonds is 6. The number of nitrogens with zero attached hydrogens (tertiary/aromatic N) is 5. The van der Waals surface area contributed by atoms with E-state index in [1.807, 2.05) is 24.3 Å². The maximum Gasteiger partial charge on any atom is 0.262 e. The number of aromatic nitrogens is 1. The first-order valence-electron chi connectivity index (χ1n) is 20.3. The fraction of sp³-hybridized carbons (Fsp3) is 0.422. The van der Waals surface area contributed by atoms with Crippen molar-refractivity contribution in [3.63, 3.8) is 0 Å². The number of carbonyl (C=O) groups excluding carboxylic acids is 5. The average molecular weight is 764 g/mol. The number of ketones is 1. The van der Waals surface area contributed by atoms with Gasteiger partial charge in [-0.15, -0.1) is 0 Å². The molecule has 6 aliphatic rings. The van der Waals surface area contributed by atoms with Gasteiger partial charge < -0.3 is 14.8 Å². The van der Waals surface area contributed by atoms with Gasteiger partial charge in [0.25, 0.3) is 11.8 Å². The van der Waals surface area contributed by atoms with E-state index in [1.54, 1.807) is 12.1 Å². The maximum absolute atomic E-state index is 14.1. The van der Waals surface area contributed by atoms with Crippen molar-refractivity contribution < 1.29 is 24.0 Å². The molecule has 12 heteroatoms. The van der Waals surface area contributed by atoms with Crippen molar-refractivity contribution >= 4 is 51.7 Å². The Kier molecular flexibility index (Phi) is 8.03. The lowest BCUT2D eigenvalue weighted by Gasteiger charge is -2.41. The molecule has 1 aliphatic carbocycles. The zero-order chi connectivity index (χ0) is 39.5. The molecule has 1 aromatic heterocycles. The summed E-state index contributed by atoms with van der Waals surface area (Å²) in [6.07, 6.45) is 4.33. The van der Waals surface area contributed by atoms with Crippen LogP contribution in [-0.4, -0.2) is 95.0 Å². The Morgan fingerprint density at radius 1 is 0.877 bits per heavy atom. The highest BCUT2D eigenvalue weighted by atomic mass is 16.2. The molecule has 290 valence electrons. The molecule has 6 heterocycles. The number of anilines is 2. The Labute approximate surface area is 330 Å². The van der Waals surface area contributed by atoms with Crippen molar-refractivity contribution in [3.8, 4) is 6.07 Å². The molecule has 0 saturated carbocycles. The van der Waals surface area contributed by atoms with Crippen LogP contribution >= 0.6 is 0 Å². The minimum Gasteiger partial charge on any atom is -0.371 e. The SMILES string of the molecule is CCc1cc2c(cc1N1CCC(CN3CC4CC3CN4c3ccc4c(c3)C(=O)N(C3CCC(=O)NC3=O)C4=O)CC1)C(C)(C)c1[nH]c3cc(C#N)ccc3c1C2=O. The summed E-state index contributed by atoms with van der Waals surface area (Å²) in [7, 11) is 0. The van der Waals surface area contributed by atoms with Crippen LogP contribution in [0.4, 0.5) is 11.4 Å². The van der Waals surface area contributed by atoms with Crippen molar-refractivity contribution in [2.75, 3.05) is 42.5 Å². The highest BCUT2D eigenvalue weighted by Crippen LogP contribution is 2.46. The van der Waals surface area contributed by atoms with E-state index in [0.717, 1.165) is 102 Å². The van der Waals surface area contributed by atoms with E-state index in [-0.39, 0.29) is 24.5 Å². The van der Waals surface area contributed by atoms with Crippen molar-refractivity contribution in [1.82, 2.24) is 20.1 Å². The molecule has 10 rings (SSSR count). The van der Waals surface area contributed by atoms with Crippen LogP contribution in [0, 0.1) is 17.2 Å². The minimum atomic E-state index is -0.970. The fourth-order valence-electron chi connectivity index (χ4n) is 10.8. The number of aromatic amines is 1. The summed E-state index contributed by atoms with van der Waals surface area (Å²) in [5, 5.41) is 12.6. The first-order valence-corrected chi connectivity index (χ1v) is 20.3. The predicted molar refractivity (Wildman–Crippen MR) is 214 cm³/mol. The van der Waals surface area contributed by atoms with Crippen LogP contribution in [0.3, 0.4) is 0 Å². The van der Waals surface area contributed by atoms with E-state index < -0.39 is 29.2 Å². The highest BCUT2D eigenvalue weighted by molar-refractivity contribution is 6.24. The Hall–Kier alpha value is -5.80. The molecule has 3 aromatic carbocycles. The van der Waals surface area contributed by atoms with E-state index in [1.165, 1.54) is 11.3 Å². The van der Waals surface area contributed by atoms with Crippen LogP contribution < -0.4 is 15.1 Å². The number of H-pyrrole nitrogens is 1. The number of hydrogen-bond donors (Lipinski definition) is 2. The topological polar surface area (TPSA) is 150 Å². The van der Waals surface area contributed by atoms with Gasteiger partial charge in [0.1, 0.15) is 6.04 Å². The number of benzene rings is 3. The Morgan fingerprint density at radius 2 is 1.67 bits per heavy atom. The number of nitrogens with one attached hydrogen (secondary N) is 2. The monoisotopic (exact) mass is 763 g/mol. The third-order valence-electron chi connectivity index (χ3n) is 13.9. The van der Waals surface area contributed by atoms with Crippen molar-refractivity contribution in [1.29, 1.82) is 5.26 Å². The smallest absolute Gasteiger partial charge is 0.262 e. The van der Waals surface area contributed by atoms with Crippen molar-refractivity contribution in [2.45, 2.75) is 82.8 Å². The predicted octanol–water partition coefficient (Wildman–Crippen LogP) is 5.05. The van der Waals surface area contributed by atoms with Crippen LogP contribution in [0.2, 0.25) is 0 Å². The Balaban J connectivity index is 0.799. The molecule has 3 atom stereocenters. The van der Waals surface area contributed by atoms with E-state index in [9.17, 15) is 29.2 Å². The third-order valence-corrected chi connectivity index (χ3v) is 13.9. The van der Waals surface area contributed by atoms with Crippen molar-refractivity contribution in [3.05, 3.63) is 93.2 Å². The number of aryl methyl sites for hydroxylation is 1. The van der Waals surface area contributed by atoms with Crippen molar-refractivity contribution in [2.24, 2.45) is 5.92 Å². The molecule has 3 unspecified atom stereocenters. The summed E-state index contributed by atoms with van der Waals surface area (Å²) in [5.74, 6) is -1.30. The van der Waals surface area contributed by atoms with Gasteiger partial charge in [0.2, 0.25) is 11.8 Å². The van der Waals surface area contributed by atoms with Crippen LogP contribution in [0.25, 0.3) is 10.9 Å².